The van der Waals surface area contributed by atoms with Gasteiger partial charge in [0, 0.05) is 24.2 Å². The van der Waals surface area contributed by atoms with Gasteiger partial charge >= 0.3 is 5.97 Å². The number of fused-ring (bicyclic) bond motifs is 2. The number of esters is 1. The first-order valence-corrected chi connectivity index (χ1v) is 7.71. The molecule has 0 saturated heterocycles. The predicted molar refractivity (Wildman–Crippen MR) is 90.5 cm³/mol. The zero-order chi connectivity index (χ0) is 17.4. The van der Waals surface area contributed by atoms with Crippen LogP contribution >= 0.6 is 0 Å². The summed E-state index contributed by atoms with van der Waals surface area (Å²) in [5, 5.41) is 0. The third kappa shape index (κ3) is 2.76. The van der Waals surface area contributed by atoms with Gasteiger partial charge in [-0.2, -0.15) is 0 Å². The molecule has 0 saturated carbocycles. The normalized spacial score (nSPS) is 11.1. The summed E-state index contributed by atoms with van der Waals surface area (Å²) in [4.78, 5) is 32.8. The number of imidazole rings is 1. The van der Waals surface area contributed by atoms with Gasteiger partial charge in [0.05, 0.1) is 5.69 Å². The second kappa shape index (κ2) is 5.86. The van der Waals surface area contributed by atoms with Crippen LogP contribution in [0.3, 0.4) is 0 Å². The Kier molecular flexibility index (Phi) is 3.53. The van der Waals surface area contributed by atoms with Crippen molar-refractivity contribution in [2.45, 2.75) is 13.5 Å². The second-order valence-electron chi connectivity index (χ2n) is 5.61. The van der Waals surface area contributed by atoms with Crippen molar-refractivity contribution in [3.63, 3.8) is 0 Å². The van der Waals surface area contributed by atoms with Crippen LogP contribution in [-0.4, -0.2) is 24.7 Å². The lowest BCUT2D eigenvalue weighted by Crippen LogP contribution is -2.16. The molecule has 7 nitrogen and oxygen atoms in total. The van der Waals surface area contributed by atoms with E-state index in [1.54, 1.807) is 30.6 Å². The first-order chi connectivity index (χ1) is 12.1. The van der Waals surface area contributed by atoms with Gasteiger partial charge in [-0.1, -0.05) is 12.1 Å². The number of aryl methyl sites for hydroxylation is 1. The molecule has 0 unspecified atom stereocenters. The molecule has 4 aromatic rings. The number of hydrogen-bond donors (Lipinski definition) is 0. The van der Waals surface area contributed by atoms with Crippen molar-refractivity contribution in [2.24, 2.45) is 0 Å². The zero-order valence-electron chi connectivity index (χ0n) is 13.4. The molecule has 124 valence electrons. The number of rotatable bonds is 3. The second-order valence-corrected chi connectivity index (χ2v) is 5.61. The summed E-state index contributed by atoms with van der Waals surface area (Å²) in [6, 6.07) is 12.2. The van der Waals surface area contributed by atoms with Crippen molar-refractivity contribution < 1.29 is 9.53 Å². The SMILES string of the molecule is Cc1cccc2nc(C(=O)OCc3cc(=O)n4ccccc4n3)cn12. The molecule has 0 bridgehead atoms. The van der Waals surface area contributed by atoms with Gasteiger partial charge in [-0.05, 0) is 31.2 Å². The van der Waals surface area contributed by atoms with Crippen molar-refractivity contribution in [1.82, 2.24) is 18.8 Å². The molecule has 0 spiro atoms. The number of carbonyl (C=O) groups is 1. The fourth-order valence-electron chi connectivity index (χ4n) is 2.64. The van der Waals surface area contributed by atoms with Crippen molar-refractivity contribution in [3.05, 3.63) is 82.3 Å². The molecular formula is C18H14N4O3. The van der Waals surface area contributed by atoms with Crippen molar-refractivity contribution >= 4 is 17.3 Å². The summed E-state index contributed by atoms with van der Waals surface area (Å²) in [5.41, 5.74) is 2.53. The highest BCUT2D eigenvalue weighted by atomic mass is 16.5. The van der Waals surface area contributed by atoms with Crippen LogP contribution in [0.5, 0.6) is 0 Å². The molecule has 4 aromatic heterocycles. The number of ether oxygens (including phenoxy) is 1. The lowest BCUT2D eigenvalue weighted by atomic mass is 10.4. The van der Waals surface area contributed by atoms with Crippen molar-refractivity contribution in [3.8, 4) is 0 Å². The number of pyridine rings is 2. The van der Waals surface area contributed by atoms with Crippen LogP contribution in [0.4, 0.5) is 0 Å². The van der Waals surface area contributed by atoms with Gasteiger partial charge < -0.3 is 9.14 Å². The van der Waals surface area contributed by atoms with Gasteiger partial charge in [-0.15, -0.1) is 0 Å². The summed E-state index contributed by atoms with van der Waals surface area (Å²) >= 11 is 0. The molecule has 25 heavy (non-hydrogen) atoms. The summed E-state index contributed by atoms with van der Waals surface area (Å²) in [6.45, 7) is 1.84. The Morgan fingerprint density at radius 1 is 1.08 bits per heavy atom. The van der Waals surface area contributed by atoms with E-state index in [0.29, 0.717) is 17.0 Å². The van der Waals surface area contributed by atoms with E-state index < -0.39 is 5.97 Å². The van der Waals surface area contributed by atoms with Gasteiger partial charge in [-0.3, -0.25) is 9.20 Å². The van der Waals surface area contributed by atoms with E-state index in [9.17, 15) is 9.59 Å². The third-order valence-electron chi connectivity index (χ3n) is 3.88. The van der Waals surface area contributed by atoms with E-state index in [-0.39, 0.29) is 17.9 Å². The lowest BCUT2D eigenvalue weighted by molar-refractivity contribution is 0.0461. The molecule has 7 heteroatoms. The Bertz CT molecular complexity index is 1160. The van der Waals surface area contributed by atoms with Crippen molar-refractivity contribution in [2.75, 3.05) is 0 Å². The van der Waals surface area contributed by atoms with E-state index >= 15 is 0 Å². The maximum Gasteiger partial charge on any atom is 0.358 e. The van der Waals surface area contributed by atoms with Crippen LogP contribution < -0.4 is 5.56 Å². The summed E-state index contributed by atoms with van der Waals surface area (Å²) in [5.74, 6) is -0.557. The summed E-state index contributed by atoms with van der Waals surface area (Å²) in [7, 11) is 0. The molecule has 0 aliphatic rings. The van der Waals surface area contributed by atoms with E-state index in [1.165, 1.54) is 10.5 Å². The molecule has 4 rings (SSSR count). The molecular weight excluding hydrogens is 320 g/mol. The van der Waals surface area contributed by atoms with Gasteiger partial charge in [-0.25, -0.2) is 14.8 Å². The molecule has 0 amide bonds. The van der Waals surface area contributed by atoms with Gasteiger partial charge in [0.15, 0.2) is 5.69 Å². The van der Waals surface area contributed by atoms with Crippen LogP contribution in [0, 0.1) is 6.92 Å². The Morgan fingerprint density at radius 3 is 2.72 bits per heavy atom. The Balaban J connectivity index is 1.57. The molecule has 0 N–H and O–H groups in total. The highest BCUT2D eigenvalue weighted by Gasteiger charge is 2.14. The Morgan fingerprint density at radius 2 is 1.88 bits per heavy atom. The lowest BCUT2D eigenvalue weighted by Gasteiger charge is -2.04. The minimum Gasteiger partial charge on any atom is -0.454 e. The first kappa shape index (κ1) is 15.1. The molecule has 4 heterocycles. The fraction of sp³-hybridized carbons (Fsp3) is 0.111. The number of nitrogens with zero attached hydrogens (tertiary/aromatic N) is 4. The smallest absolute Gasteiger partial charge is 0.358 e. The van der Waals surface area contributed by atoms with Gasteiger partial charge in [0.2, 0.25) is 0 Å². The van der Waals surface area contributed by atoms with E-state index in [0.717, 1.165) is 5.69 Å². The minimum atomic E-state index is -0.557. The quantitative estimate of drug-likeness (QED) is 0.536. The van der Waals surface area contributed by atoms with Crippen LogP contribution in [0.25, 0.3) is 11.3 Å². The highest BCUT2D eigenvalue weighted by molar-refractivity contribution is 5.88. The number of aromatic nitrogens is 4. The maximum absolute atomic E-state index is 12.2. The standard InChI is InChI=1S/C18H14N4O3/c1-12-5-4-7-16-20-14(10-22(12)16)18(24)25-11-13-9-17(23)21-8-3-2-6-15(21)19-13/h2-10H,11H2,1H3. The molecule has 0 aromatic carbocycles. The Hall–Kier alpha value is -3.48. The number of hydrogen-bond acceptors (Lipinski definition) is 5. The van der Waals surface area contributed by atoms with Gasteiger partial charge in [0.1, 0.15) is 17.9 Å². The van der Waals surface area contributed by atoms with E-state index in [2.05, 4.69) is 9.97 Å². The fourth-order valence-corrected chi connectivity index (χ4v) is 2.64. The van der Waals surface area contributed by atoms with Crippen LogP contribution in [-0.2, 0) is 11.3 Å². The Labute approximate surface area is 142 Å². The largest absolute Gasteiger partial charge is 0.454 e. The topological polar surface area (TPSA) is 78.0 Å². The van der Waals surface area contributed by atoms with Crippen LogP contribution in [0.2, 0.25) is 0 Å². The zero-order valence-corrected chi connectivity index (χ0v) is 13.4. The average molecular weight is 334 g/mol. The molecule has 0 fully saturated rings. The van der Waals surface area contributed by atoms with Crippen LogP contribution in [0.1, 0.15) is 21.9 Å². The van der Waals surface area contributed by atoms with Gasteiger partial charge in [0.25, 0.3) is 5.56 Å². The maximum atomic E-state index is 12.2. The third-order valence-corrected chi connectivity index (χ3v) is 3.88. The van der Waals surface area contributed by atoms with E-state index in [4.69, 9.17) is 4.74 Å². The van der Waals surface area contributed by atoms with Crippen molar-refractivity contribution in [1.29, 1.82) is 0 Å². The average Bonchev–Trinajstić information content (AvgIpc) is 3.06. The summed E-state index contributed by atoms with van der Waals surface area (Å²) < 4.78 is 8.51. The van der Waals surface area contributed by atoms with E-state index in [1.807, 2.05) is 29.5 Å². The van der Waals surface area contributed by atoms with Crippen LogP contribution in [0.15, 0.2) is 59.7 Å². The monoisotopic (exact) mass is 334 g/mol. The number of carbonyl (C=O) groups excluding carboxylic acids is 1. The summed E-state index contributed by atoms with van der Waals surface area (Å²) in [6.07, 6.45) is 3.27. The molecule has 0 aliphatic heterocycles. The molecule has 0 radical (unpaired) electrons. The predicted octanol–water partition coefficient (Wildman–Crippen LogP) is 2.01. The first-order valence-electron chi connectivity index (χ1n) is 7.71. The molecule has 0 atom stereocenters. The highest BCUT2D eigenvalue weighted by Crippen LogP contribution is 2.10. The molecule has 0 aliphatic carbocycles. The minimum absolute atomic E-state index is 0.0910.